The summed E-state index contributed by atoms with van der Waals surface area (Å²) < 4.78 is 26.9. The van der Waals surface area contributed by atoms with Crippen molar-refractivity contribution in [3.05, 3.63) is 28.2 Å². The first-order valence-electron chi connectivity index (χ1n) is 5.94. The predicted octanol–water partition coefficient (Wildman–Crippen LogP) is 1.31. The molecule has 1 aliphatic carbocycles. The van der Waals surface area contributed by atoms with Gasteiger partial charge in [-0.25, -0.2) is 13.1 Å². The summed E-state index contributed by atoms with van der Waals surface area (Å²) in [6.07, 6.45) is 1.95. The highest BCUT2D eigenvalue weighted by atomic mass is 79.9. The third-order valence-electron chi connectivity index (χ3n) is 2.74. The molecule has 0 spiro atoms. The lowest BCUT2D eigenvalue weighted by Gasteiger charge is -2.09. The molecule has 0 aromatic heterocycles. The van der Waals surface area contributed by atoms with Crippen LogP contribution in [0, 0.1) is 6.92 Å². The average Bonchev–Trinajstić information content (AvgIpc) is 3.10. The van der Waals surface area contributed by atoms with Gasteiger partial charge in [0.05, 0.1) is 11.4 Å². The molecule has 0 bridgehead atoms. The second-order valence-corrected chi connectivity index (χ2v) is 7.19. The van der Waals surface area contributed by atoms with E-state index in [-0.39, 0.29) is 23.4 Å². The Morgan fingerprint density at radius 1 is 1.42 bits per heavy atom. The molecule has 1 fully saturated rings. The van der Waals surface area contributed by atoms with Crippen LogP contribution < -0.4 is 10.0 Å². The molecule has 19 heavy (non-hydrogen) atoms. The molecule has 7 heteroatoms. The molecule has 0 saturated heterocycles. The standard InChI is InChI=1S/C12H15BrN2O3S/c1-8-2-5-11(10(13)6-8)19(17,18)14-7-12(16)15-9-3-4-9/h2,5-6,9,14H,3-4,7H2,1H3,(H,15,16). The maximum Gasteiger partial charge on any atom is 0.242 e. The number of halogens is 1. The van der Waals surface area contributed by atoms with Crippen molar-refractivity contribution in [2.24, 2.45) is 0 Å². The Kier molecular flexibility index (Phi) is 4.27. The molecular formula is C12H15BrN2O3S. The van der Waals surface area contributed by atoms with Gasteiger partial charge in [0.2, 0.25) is 15.9 Å². The van der Waals surface area contributed by atoms with Crippen molar-refractivity contribution >= 4 is 31.9 Å². The SMILES string of the molecule is Cc1ccc(S(=O)(=O)NCC(=O)NC2CC2)c(Br)c1. The summed E-state index contributed by atoms with van der Waals surface area (Å²) in [5, 5.41) is 2.72. The quantitative estimate of drug-likeness (QED) is 0.844. The van der Waals surface area contributed by atoms with E-state index in [9.17, 15) is 13.2 Å². The van der Waals surface area contributed by atoms with Crippen LogP contribution in [-0.2, 0) is 14.8 Å². The molecule has 0 atom stereocenters. The van der Waals surface area contributed by atoms with Crippen LogP contribution in [0.4, 0.5) is 0 Å². The van der Waals surface area contributed by atoms with E-state index in [1.165, 1.54) is 6.07 Å². The minimum Gasteiger partial charge on any atom is -0.352 e. The number of sulfonamides is 1. The van der Waals surface area contributed by atoms with E-state index in [0.717, 1.165) is 18.4 Å². The Hall–Kier alpha value is -0.920. The molecule has 1 amide bonds. The Morgan fingerprint density at radius 2 is 2.11 bits per heavy atom. The van der Waals surface area contributed by atoms with Crippen LogP contribution >= 0.6 is 15.9 Å². The Bertz CT molecular complexity index is 597. The van der Waals surface area contributed by atoms with Gasteiger partial charge in [-0.05, 0) is 53.4 Å². The monoisotopic (exact) mass is 346 g/mol. The average molecular weight is 347 g/mol. The first-order valence-corrected chi connectivity index (χ1v) is 8.21. The van der Waals surface area contributed by atoms with Crippen LogP contribution in [0.3, 0.4) is 0 Å². The molecule has 0 heterocycles. The summed E-state index contributed by atoms with van der Waals surface area (Å²) in [6.45, 7) is 1.64. The largest absolute Gasteiger partial charge is 0.352 e. The zero-order valence-electron chi connectivity index (χ0n) is 10.4. The molecule has 1 aromatic carbocycles. The van der Waals surface area contributed by atoms with Crippen molar-refractivity contribution in [3.8, 4) is 0 Å². The van der Waals surface area contributed by atoms with Gasteiger partial charge < -0.3 is 5.32 Å². The molecule has 0 radical (unpaired) electrons. The Labute approximate surface area is 121 Å². The second-order valence-electron chi connectivity index (χ2n) is 4.60. The fourth-order valence-corrected chi connectivity index (χ4v) is 3.74. The van der Waals surface area contributed by atoms with E-state index in [1.807, 2.05) is 6.92 Å². The Morgan fingerprint density at radius 3 is 2.68 bits per heavy atom. The van der Waals surface area contributed by atoms with E-state index >= 15 is 0 Å². The van der Waals surface area contributed by atoms with Gasteiger partial charge in [0.25, 0.3) is 0 Å². The summed E-state index contributed by atoms with van der Waals surface area (Å²) >= 11 is 3.22. The van der Waals surface area contributed by atoms with Gasteiger partial charge in [-0.1, -0.05) is 6.07 Å². The lowest BCUT2D eigenvalue weighted by molar-refractivity contribution is -0.120. The number of hydrogen-bond acceptors (Lipinski definition) is 3. The maximum absolute atomic E-state index is 12.0. The van der Waals surface area contributed by atoms with Gasteiger partial charge >= 0.3 is 0 Å². The summed E-state index contributed by atoms with van der Waals surface area (Å²) in [5.41, 5.74) is 0.956. The molecule has 0 aliphatic heterocycles. The lowest BCUT2D eigenvalue weighted by Crippen LogP contribution is -2.37. The molecule has 5 nitrogen and oxygen atoms in total. The highest BCUT2D eigenvalue weighted by Gasteiger charge is 2.24. The number of hydrogen-bond donors (Lipinski definition) is 2. The van der Waals surface area contributed by atoms with Crippen LogP contribution in [0.2, 0.25) is 0 Å². The number of benzene rings is 1. The molecule has 0 unspecified atom stereocenters. The summed E-state index contributed by atoms with van der Waals surface area (Å²) in [7, 11) is -3.68. The molecule has 1 aromatic rings. The van der Waals surface area contributed by atoms with E-state index in [1.54, 1.807) is 12.1 Å². The second kappa shape index (κ2) is 5.60. The predicted molar refractivity (Wildman–Crippen MR) is 75.2 cm³/mol. The molecule has 1 aliphatic rings. The van der Waals surface area contributed by atoms with E-state index in [2.05, 4.69) is 26.0 Å². The van der Waals surface area contributed by atoms with Gasteiger partial charge in [0.1, 0.15) is 0 Å². The van der Waals surface area contributed by atoms with E-state index in [0.29, 0.717) is 4.47 Å². The van der Waals surface area contributed by atoms with Crippen molar-refractivity contribution in [3.63, 3.8) is 0 Å². The number of carbonyl (C=O) groups excluding carboxylic acids is 1. The van der Waals surface area contributed by atoms with Gasteiger partial charge in [0, 0.05) is 10.5 Å². The minimum absolute atomic E-state index is 0.136. The fourth-order valence-electron chi connectivity index (χ4n) is 1.57. The number of nitrogens with one attached hydrogen (secondary N) is 2. The number of rotatable bonds is 5. The van der Waals surface area contributed by atoms with Crippen LogP contribution in [-0.4, -0.2) is 26.9 Å². The number of aryl methyl sites for hydroxylation is 1. The highest BCUT2D eigenvalue weighted by Crippen LogP contribution is 2.22. The first kappa shape index (κ1) is 14.5. The van der Waals surface area contributed by atoms with Crippen molar-refractivity contribution in [2.45, 2.75) is 30.7 Å². The molecular weight excluding hydrogens is 332 g/mol. The van der Waals surface area contributed by atoms with Gasteiger partial charge in [-0.2, -0.15) is 0 Å². The molecule has 1 saturated carbocycles. The number of carbonyl (C=O) groups is 1. The van der Waals surface area contributed by atoms with Crippen molar-refractivity contribution < 1.29 is 13.2 Å². The summed E-state index contributed by atoms with van der Waals surface area (Å²) in [5.74, 6) is -0.297. The van der Waals surface area contributed by atoms with Crippen molar-refractivity contribution in [1.29, 1.82) is 0 Å². The summed E-state index contributed by atoms with van der Waals surface area (Å²) in [4.78, 5) is 11.6. The van der Waals surface area contributed by atoms with Crippen LogP contribution in [0.1, 0.15) is 18.4 Å². The van der Waals surface area contributed by atoms with E-state index in [4.69, 9.17) is 0 Å². The normalized spacial score (nSPS) is 15.3. The molecule has 2 rings (SSSR count). The van der Waals surface area contributed by atoms with Crippen LogP contribution in [0.25, 0.3) is 0 Å². The third-order valence-corrected chi connectivity index (χ3v) is 5.12. The summed E-state index contributed by atoms with van der Waals surface area (Å²) in [6, 6.07) is 5.17. The zero-order chi connectivity index (χ0) is 14.0. The third kappa shape index (κ3) is 4.02. The Balaban J connectivity index is 2.02. The van der Waals surface area contributed by atoms with Crippen molar-refractivity contribution in [1.82, 2.24) is 10.0 Å². The van der Waals surface area contributed by atoms with Gasteiger partial charge in [0.15, 0.2) is 0 Å². The highest BCUT2D eigenvalue weighted by molar-refractivity contribution is 9.10. The number of amides is 1. The molecule has 104 valence electrons. The topological polar surface area (TPSA) is 75.3 Å². The first-order chi connectivity index (χ1) is 8.88. The molecule has 2 N–H and O–H groups in total. The van der Waals surface area contributed by atoms with E-state index < -0.39 is 10.0 Å². The van der Waals surface area contributed by atoms with Gasteiger partial charge in [-0.15, -0.1) is 0 Å². The van der Waals surface area contributed by atoms with Gasteiger partial charge in [-0.3, -0.25) is 4.79 Å². The lowest BCUT2D eigenvalue weighted by atomic mass is 10.2. The fraction of sp³-hybridized carbons (Fsp3) is 0.417. The maximum atomic E-state index is 12.0. The van der Waals surface area contributed by atoms with Crippen LogP contribution in [0.15, 0.2) is 27.6 Å². The smallest absolute Gasteiger partial charge is 0.242 e. The van der Waals surface area contributed by atoms with Crippen molar-refractivity contribution in [2.75, 3.05) is 6.54 Å². The van der Waals surface area contributed by atoms with Crippen LogP contribution in [0.5, 0.6) is 0 Å². The minimum atomic E-state index is -3.68. The zero-order valence-corrected chi connectivity index (χ0v) is 12.8.